The van der Waals surface area contributed by atoms with Crippen LogP contribution in [0.15, 0.2) is 0 Å². The second-order valence-electron chi connectivity index (χ2n) is 7.41. The maximum Gasteiger partial charge on any atom is 0.226 e. The van der Waals surface area contributed by atoms with Crippen molar-refractivity contribution < 1.29 is 13.2 Å². The predicted octanol–water partition coefficient (Wildman–Crippen LogP) is 1.13. The number of sulfonamides is 1. The van der Waals surface area contributed by atoms with Crippen molar-refractivity contribution in [2.24, 2.45) is 5.92 Å². The minimum atomic E-state index is -3.15. The molecule has 0 bridgehead atoms. The third-order valence-electron chi connectivity index (χ3n) is 5.64. The molecule has 0 aromatic heterocycles. The molecule has 6 nitrogen and oxygen atoms in total. The lowest BCUT2D eigenvalue weighted by Crippen LogP contribution is -2.47. The van der Waals surface area contributed by atoms with Crippen LogP contribution in [0.3, 0.4) is 0 Å². The molecule has 0 spiro atoms. The summed E-state index contributed by atoms with van der Waals surface area (Å²) in [5.74, 6) is 0.598. The smallest absolute Gasteiger partial charge is 0.226 e. The van der Waals surface area contributed by atoms with Gasteiger partial charge in [-0.05, 0) is 52.1 Å². The van der Waals surface area contributed by atoms with Crippen LogP contribution in [0.4, 0.5) is 0 Å². The fraction of sp³-hybridized carbons (Fsp3) is 0.941. The van der Waals surface area contributed by atoms with E-state index in [0.717, 1.165) is 45.4 Å². The SMILES string of the molecule is CCS(=O)(=O)N1CCC(N(CCN2CCCCC2)C(=O)C2CC2)C1. The molecule has 3 fully saturated rings. The molecule has 1 amide bonds. The second kappa shape index (κ2) is 7.70. The lowest BCUT2D eigenvalue weighted by molar-refractivity contribution is -0.134. The summed E-state index contributed by atoms with van der Waals surface area (Å²) in [4.78, 5) is 17.2. The summed E-state index contributed by atoms with van der Waals surface area (Å²) in [6.07, 6.45) is 6.60. The van der Waals surface area contributed by atoms with Crippen molar-refractivity contribution >= 4 is 15.9 Å². The van der Waals surface area contributed by atoms with E-state index in [1.807, 2.05) is 4.90 Å². The Morgan fingerprint density at radius 2 is 1.79 bits per heavy atom. The minimum Gasteiger partial charge on any atom is -0.337 e. The molecule has 1 aliphatic carbocycles. The molecule has 2 heterocycles. The van der Waals surface area contributed by atoms with E-state index >= 15 is 0 Å². The molecule has 1 saturated carbocycles. The van der Waals surface area contributed by atoms with E-state index in [4.69, 9.17) is 0 Å². The van der Waals surface area contributed by atoms with Crippen LogP contribution in [0.2, 0.25) is 0 Å². The van der Waals surface area contributed by atoms with Gasteiger partial charge in [0.15, 0.2) is 0 Å². The molecule has 0 aromatic carbocycles. The number of carbonyl (C=O) groups is 1. The molecule has 1 unspecified atom stereocenters. The van der Waals surface area contributed by atoms with Gasteiger partial charge in [0.05, 0.1) is 5.75 Å². The van der Waals surface area contributed by atoms with E-state index in [1.54, 1.807) is 11.2 Å². The Morgan fingerprint density at radius 3 is 2.42 bits per heavy atom. The monoisotopic (exact) mass is 357 g/mol. The number of likely N-dealkylation sites (tertiary alicyclic amines) is 1. The van der Waals surface area contributed by atoms with Crippen LogP contribution in [0.5, 0.6) is 0 Å². The van der Waals surface area contributed by atoms with E-state index in [0.29, 0.717) is 13.1 Å². The summed E-state index contributed by atoms with van der Waals surface area (Å²) in [5.41, 5.74) is 0. The first-order valence-corrected chi connectivity index (χ1v) is 11.1. The first-order chi connectivity index (χ1) is 11.5. The standard InChI is InChI=1S/C17H31N3O3S/c1-2-24(22,23)19-11-8-16(14-19)20(17(21)15-6-7-15)13-12-18-9-4-3-5-10-18/h15-16H,2-14H2,1H3. The molecule has 2 saturated heterocycles. The molecule has 2 aliphatic heterocycles. The van der Waals surface area contributed by atoms with Gasteiger partial charge in [0.1, 0.15) is 0 Å². The van der Waals surface area contributed by atoms with Gasteiger partial charge in [0.2, 0.25) is 15.9 Å². The van der Waals surface area contributed by atoms with E-state index in [-0.39, 0.29) is 23.6 Å². The highest BCUT2D eigenvalue weighted by Crippen LogP contribution is 2.33. The van der Waals surface area contributed by atoms with Crippen molar-refractivity contribution in [1.82, 2.24) is 14.1 Å². The lowest BCUT2D eigenvalue weighted by atomic mass is 10.1. The Hall–Kier alpha value is -0.660. The summed E-state index contributed by atoms with van der Waals surface area (Å²) in [6, 6.07) is 0.0595. The largest absolute Gasteiger partial charge is 0.337 e. The molecule has 0 radical (unpaired) electrons. The van der Waals surface area contributed by atoms with Crippen LogP contribution in [-0.4, -0.2) is 79.5 Å². The molecule has 1 atom stereocenters. The quantitative estimate of drug-likeness (QED) is 0.685. The van der Waals surface area contributed by atoms with Crippen molar-refractivity contribution in [2.75, 3.05) is 45.0 Å². The van der Waals surface area contributed by atoms with E-state index in [2.05, 4.69) is 4.90 Å². The zero-order valence-corrected chi connectivity index (χ0v) is 15.6. The third kappa shape index (κ3) is 4.29. The molecular weight excluding hydrogens is 326 g/mol. The van der Waals surface area contributed by atoms with Gasteiger partial charge in [0.25, 0.3) is 0 Å². The van der Waals surface area contributed by atoms with Crippen LogP contribution in [0.25, 0.3) is 0 Å². The molecule has 0 N–H and O–H groups in total. The summed E-state index contributed by atoms with van der Waals surface area (Å²) >= 11 is 0. The van der Waals surface area contributed by atoms with E-state index < -0.39 is 10.0 Å². The number of piperidine rings is 1. The van der Waals surface area contributed by atoms with Crippen LogP contribution in [0.1, 0.15) is 45.4 Å². The molecule has 3 rings (SSSR count). The van der Waals surface area contributed by atoms with Gasteiger partial charge < -0.3 is 9.80 Å². The third-order valence-corrected chi connectivity index (χ3v) is 7.49. The number of nitrogens with zero attached hydrogens (tertiary/aromatic N) is 3. The zero-order chi connectivity index (χ0) is 17.2. The van der Waals surface area contributed by atoms with Crippen molar-refractivity contribution in [2.45, 2.75) is 51.5 Å². The van der Waals surface area contributed by atoms with Crippen LogP contribution < -0.4 is 0 Å². The summed E-state index contributed by atoms with van der Waals surface area (Å²) < 4.78 is 25.8. The lowest BCUT2D eigenvalue weighted by Gasteiger charge is -2.33. The average Bonchev–Trinajstić information content (AvgIpc) is 3.33. The maximum atomic E-state index is 12.7. The first kappa shape index (κ1) is 18.1. The van der Waals surface area contributed by atoms with Gasteiger partial charge in [-0.1, -0.05) is 6.42 Å². The summed E-state index contributed by atoms with van der Waals surface area (Å²) in [6.45, 7) is 6.66. The van der Waals surface area contributed by atoms with Crippen LogP contribution in [0, 0.1) is 5.92 Å². The van der Waals surface area contributed by atoms with E-state index in [1.165, 1.54) is 19.3 Å². The maximum absolute atomic E-state index is 12.7. The van der Waals surface area contributed by atoms with Gasteiger partial charge in [-0.2, -0.15) is 4.31 Å². The Kier molecular flexibility index (Phi) is 5.82. The van der Waals surface area contributed by atoms with Crippen LogP contribution >= 0.6 is 0 Å². The van der Waals surface area contributed by atoms with Crippen molar-refractivity contribution in [3.05, 3.63) is 0 Å². The number of hydrogen-bond donors (Lipinski definition) is 0. The van der Waals surface area contributed by atoms with Gasteiger partial charge in [0, 0.05) is 38.1 Å². The van der Waals surface area contributed by atoms with Crippen molar-refractivity contribution in [1.29, 1.82) is 0 Å². The van der Waals surface area contributed by atoms with E-state index in [9.17, 15) is 13.2 Å². The van der Waals surface area contributed by atoms with Gasteiger partial charge in [-0.3, -0.25) is 4.79 Å². The highest BCUT2D eigenvalue weighted by atomic mass is 32.2. The molecule has 0 aromatic rings. The fourth-order valence-corrected chi connectivity index (χ4v) is 5.02. The summed E-state index contributed by atoms with van der Waals surface area (Å²) in [7, 11) is -3.15. The van der Waals surface area contributed by atoms with Crippen molar-refractivity contribution in [3.63, 3.8) is 0 Å². The molecular formula is C17H31N3O3S. The van der Waals surface area contributed by atoms with Gasteiger partial charge >= 0.3 is 0 Å². The topological polar surface area (TPSA) is 60.9 Å². The Balaban J connectivity index is 1.61. The van der Waals surface area contributed by atoms with Crippen LogP contribution in [-0.2, 0) is 14.8 Å². The zero-order valence-electron chi connectivity index (χ0n) is 14.8. The fourth-order valence-electron chi connectivity index (χ4n) is 3.87. The Labute approximate surface area is 146 Å². The number of amides is 1. The molecule has 3 aliphatic rings. The highest BCUT2D eigenvalue weighted by molar-refractivity contribution is 7.89. The number of carbonyl (C=O) groups excluding carboxylic acids is 1. The van der Waals surface area contributed by atoms with Gasteiger partial charge in [-0.25, -0.2) is 8.42 Å². The molecule has 7 heteroatoms. The molecule has 24 heavy (non-hydrogen) atoms. The minimum absolute atomic E-state index is 0.0595. The predicted molar refractivity (Wildman–Crippen MR) is 94.2 cm³/mol. The second-order valence-corrected chi connectivity index (χ2v) is 9.67. The average molecular weight is 358 g/mol. The number of rotatable bonds is 7. The van der Waals surface area contributed by atoms with Crippen molar-refractivity contribution in [3.8, 4) is 0 Å². The highest BCUT2D eigenvalue weighted by Gasteiger charge is 2.40. The normalized spacial score (nSPS) is 26.6. The Morgan fingerprint density at radius 1 is 1.08 bits per heavy atom. The Bertz CT molecular complexity index is 541. The molecule has 138 valence electrons. The first-order valence-electron chi connectivity index (χ1n) is 9.52. The summed E-state index contributed by atoms with van der Waals surface area (Å²) in [5, 5.41) is 0. The van der Waals surface area contributed by atoms with Gasteiger partial charge in [-0.15, -0.1) is 0 Å². The number of hydrogen-bond acceptors (Lipinski definition) is 4.